The van der Waals surface area contributed by atoms with Gasteiger partial charge in [-0.15, -0.1) is 0 Å². The number of imidazole rings is 1. The number of carbonyl (C=O) groups is 1. The van der Waals surface area contributed by atoms with Crippen LogP contribution in [0.25, 0.3) is 22.6 Å². The molecule has 0 saturated heterocycles. The zero-order chi connectivity index (χ0) is 20.8. The fourth-order valence-electron chi connectivity index (χ4n) is 3.76. The molecular formula is C23H15N7O. The van der Waals surface area contributed by atoms with E-state index < -0.39 is 0 Å². The van der Waals surface area contributed by atoms with Gasteiger partial charge in [-0.05, 0) is 54.1 Å². The highest BCUT2D eigenvalue weighted by molar-refractivity contribution is 6.13. The van der Waals surface area contributed by atoms with Gasteiger partial charge in [0.2, 0.25) is 0 Å². The van der Waals surface area contributed by atoms with E-state index in [4.69, 9.17) is 0 Å². The van der Waals surface area contributed by atoms with E-state index in [0.717, 1.165) is 39.5 Å². The topological polar surface area (TPSA) is 89.5 Å². The monoisotopic (exact) mass is 405 g/mol. The SMILES string of the molecule is O=C1N=Cc2cc(-c3ccc(Nc4ccc(-n5cncn5)cc4)c4nccn34)ccc21. The Morgan fingerprint density at radius 1 is 0.968 bits per heavy atom. The highest BCUT2D eigenvalue weighted by Crippen LogP contribution is 2.29. The van der Waals surface area contributed by atoms with Crippen LogP contribution in [0.3, 0.4) is 0 Å². The molecular weight excluding hydrogens is 390 g/mol. The van der Waals surface area contributed by atoms with Crippen LogP contribution < -0.4 is 5.32 Å². The van der Waals surface area contributed by atoms with Crippen LogP contribution in [0.2, 0.25) is 0 Å². The normalized spacial score (nSPS) is 12.5. The second-order valence-corrected chi connectivity index (χ2v) is 7.13. The van der Waals surface area contributed by atoms with Crippen molar-refractivity contribution in [3.63, 3.8) is 0 Å². The maximum absolute atomic E-state index is 11.8. The van der Waals surface area contributed by atoms with Gasteiger partial charge in [0.25, 0.3) is 5.91 Å². The molecule has 0 fully saturated rings. The Bertz CT molecular complexity index is 1460. The van der Waals surface area contributed by atoms with Crippen LogP contribution in [-0.2, 0) is 0 Å². The standard InChI is InChI=1S/C23H15N7O/c31-23-19-6-1-15(11-16(19)12-26-23)21-8-7-20(22-25-9-10-29(21)22)28-17-2-4-18(5-3-17)30-14-24-13-27-30/h1-14,28H. The molecule has 6 rings (SSSR count). The van der Waals surface area contributed by atoms with Gasteiger partial charge in [-0.25, -0.2) is 19.6 Å². The summed E-state index contributed by atoms with van der Waals surface area (Å²) in [7, 11) is 0. The Hall–Kier alpha value is -4.59. The molecule has 8 nitrogen and oxygen atoms in total. The maximum atomic E-state index is 11.8. The Morgan fingerprint density at radius 3 is 2.71 bits per heavy atom. The van der Waals surface area contributed by atoms with Gasteiger partial charge in [0.05, 0.1) is 22.6 Å². The first kappa shape index (κ1) is 17.3. The number of nitrogens with zero attached hydrogens (tertiary/aromatic N) is 6. The number of aromatic nitrogens is 5. The number of anilines is 2. The molecule has 4 heterocycles. The van der Waals surface area contributed by atoms with E-state index in [-0.39, 0.29) is 5.91 Å². The Kier molecular flexibility index (Phi) is 3.76. The highest BCUT2D eigenvalue weighted by Gasteiger charge is 2.17. The second kappa shape index (κ2) is 6.74. The zero-order valence-electron chi connectivity index (χ0n) is 16.2. The number of amides is 1. The Labute approximate surface area is 176 Å². The number of hydrogen-bond donors (Lipinski definition) is 1. The Balaban J connectivity index is 1.34. The van der Waals surface area contributed by atoms with Crippen molar-refractivity contribution >= 4 is 29.1 Å². The van der Waals surface area contributed by atoms with E-state index in [0.29, 0.717) is 5.56 Å². The van der Waals surface area contributed by atoms with Crippen molar-refractivity contribution in [2.24, 2.45) is 4.99 Å². The van der Waals surface area contributed by atoms with Crippen molar-refractivity contribution in [2.75, 3.05) is 5.32 Å². The number of hydrogen-bond acceptors (Lipinski definition) is 5. The summed E-state index contributed by atoms with van der Waals surface area (Å²) in [5.74, 6) is -0.191. The molecule has 8 heteroatoms. The van der Waals surface area contributed by atoms with E-state index >= 15 is 0 Å². The predicted molar refractivity (Wildman–Crippen MR) is 117 cm³/mol. The number of rotatable bonds is 4. The summed E-state index contributed by atoms with van der Waals surface area (Å²) in [6, 6.07) is 17.7. The molecule has 0 unspecified atom stereocenters. The summed E-state index contributed by atoms with van der Waals surface area (Å²) in [6.45, 7) is 0. The first-order valence-electron chi connectivity index (χ1n) is 9.67. The van der Waals surface area contributed by atoms with Crippen molar-refractivity contribution < 1.29 is 4.79 Å². The average molecular weight is 405 g/mol. The van der Waals surface area contributed by atoms with Crippen molar-refractivity contribution in [2.45, 2.75) is 0 Å². The number of nitrogens with one attached hydrogen (secondary N) is 1. The number of aliphatic imine (C=N–C) groups is 1. The van der Waals surface area contributed by atoms with E-state index in [9.17, 15) is 4.79 Å². The lowest BCUT2D eigenvalue weighted by Gasteiger charge is -2.12. The molecule has 3 aromatic heterocycles. The van der Waals surface area contributed by atoms with Crippen LogP contribution in [0.1, 0.15) is 15.9 Å². The number of fused-ring (bicyclic) bond motifs is 2. The summed E-state index contributed by atoms with van der Waals surface area (Å²) < 4.78 is 3.74. The lowest BCUT2D eigenvalue weighted by atomic mass is 10.0. The lowest BCUT2D eigenvalue weighted by Crippen LogP contribution is -1.99. The molecule has 0 atom stereocenters. The molecule has 5 aromatic rings. The van der Waals surface area contributed by atoms with E-state index in [1.54, 1.807) is 23.4 Å². The van der Waals surface area contributed by atoms with Crippen LogP contribution in [-0.4, -0.2) is 36.3 Å². The minimum Gasteiger partial charge on any atom is -0.352 e. The van der Waals surface area contributed by atoms with Crippen LogP contribution in [0.5, 0.6) is 0 Å². The smallest absolute Gasteiger partial charge is 0.277 e. The summed E-state index contributed by atoms with van der Waals surface area (Å²) in [6.07, 6.45) is 8.49. The third kappa shape index (κ3) is 2.89. The molecule has 2 aromatic carbocycles. The first-order valence-corrected chi connectivity index (χ1v) is 9.67. The third-order valence-corrected chi connectivity index (χ3v) is 5.28. The largest absolute Gasteiger partial charge is 0.352 e. The summed E-state index contributed by atoms with van der Waals surface area (Å²) in [4.78, 5) is 24.1. The zero-order valence-corrected chi connectivity index (χ0v) is 16.2. The van der Waals surface area contributed by atoms with Crippen molar-refractivity contribution in [1.29, 1.82) is 0 Å². The molecule has 0 radical (unpaired) electrons. The fourth-order valence-corrected chi connectivity index (χ4v) is 3.76. The molecule has 1 aliphatic rings. The minimum atomic E-state index is -0.191. The van der Waals surface area contributed by atoms with Crippen LogP contribution in [0, 0.1) is 0 Å². The van der Waals surface area contributed by atoms with Gasteiger partial charge < -0.3 is 5.32 Å². The molecule has 148 valence electrons. The molecule has 0 spiro atoms. The average Bonchev–Trinajstić information content (AvgIpc) is 3.56. The summed E-state index contributed by atoms with van der Waals surface area (Å²) in [5, 5.41) is 7.58. The van der Waals surface area contributed by atoms with Gasteiger partial charge in [-0.1, -0.05) is 6.07 Å². The van der Waals surface area contributed by atoms with E-state index in [2.05, 4.69) is 25.4 Å². The van der Waals surface area contributed by atoms with Gasteiger partial charge in [0, 0.05) is 29.9 Å². The van der Waals surface area contributed by atoms with E-state index in [1.165, 1.54) is 6.33 Å². The maximum Gasteiger partial charge on any atom is 0.277 e. The molecule has 0 saturated carbocycles. The van der Waals surface area contributed by atoms with Crippen molar-refractivity contribution in [3.05, 3.63) is 90.8 Å². The van der Waals surface area contributed by atoms with Gasteiger partial charge in [0.15, 0.2) is 5.65 Å². The molecule has 31 heavy (non-hydrogen) atoms. The predicted octanol–water partition coefficient (Wildman–Crippen LogP) is 3.90. The van der Waals surface area contributed by atoms with Crippen LogP contribution in [0.15, 0.2) is 84.6 Å². The third-order valence-electron chi connectivity index (χ3n) is 5.28. The summed E-state index contributed by atoms with van der Waals surface area (Å²) >= 11 is 0. The number of pyridine rings is 1. The molecule has 0 bridgehead atoms. The van der Waals surface area contributed by atoms with Gasteiger partial charge in [0.1, 0.15) is 12.7 Å². The van der Waals surface area contributed by atoms with Crippen LogP contribution in [0.4, 0.5) is 11.4 Å². The molecule has 1 N–H and O–H groups in total. The lowest BCUT2D eigenvalue weighted by molar-refractivity contribution is 0.101. The van der Waals surface area contributed by atoms with E-state index in [1.807, 2.05) is 65.2 Å². The Morgan fingerprint density at radius 2 is 1.87 bits per heavy atom. The van der Waals surface area contributed by atoms with Crippen LogP contribution >= 0.6 is 0 Å². The van der Waals surface area contributed by atoms with Crippen molar-refractivity contribution in [1.82, 2.24) is 24.1 Å². The minimum absolute atomic E-state index is 0.191. The van der Waals surface area contributed by atoms with Crippen molar-refractivity contribution in [3.8, 4) is 16.9 Å². The molecule has 1 amide bonds. The van der Waals surface area contributed by atoms with Gasteiger partial charge >= 0.3 is 0 Å². The highest BCUT2D eigenvalue weighted by atomic mass is 16.1. The molecule has 0 aliphatic carbocycles. The second-order valence-electron chi connectivity index (χ2n) is 7.13. The molecule has 1 aliphatic heterocycles. The van der Waals surface area contributed by atoms with Gasteiger partial charge in [-0.2, -0.15) is 5.10 Å². The number of benzene rings is 2. The fraction of sp³-hybridized carbons (Fsp3) is 0. The first-order chi connectivity index (χ1) is 15.3. The van der Waals surface area contributed by atoms with Gasteiger partial charge in [-0.3, -0.25) is 9.20 Å². The quantitative estimate of drug-likeness (QED) is 0.490. The summed E-state index contributed by atoms with van der Waals surface area (Å²) in [5.41, 5.74) is 7.02. The number of carbonyl (C=O) groups excluding carboxylic acids is 1.